The van der Waals surface area contributed by atoms with E-state index in [2.05, 4.69) is 15.7 Å². The molecule has 7 heteroatoms. The summed E-state index contributed by atoms with van der Waals surface area (Å²) in [5, 5.41) is 11.4. The van der Waals surface area contributed by atoms with Crippen molar-refractivity contribution in [2.24, 2.45) is 0 Å². The number of hydrogen-bond acceptors (Lipinski definition) is 5. The molecule has 3 rings (SSSR count). The molecule has 0 bridgehead atoms. The Morgan fingerprint density at radius 3 is 3.14 bits per heavy atom. The van der Waals surface area contributed by atoms with Crippen LogP contribution in [0.1, 0.15) is 0 Å². The lowest BCUT2D eigenvalue weighted by Crippen LogP contribution is -2.48. The SMILES string of the molecule is O=C(NCCn1ncc2ccccc2c1=O)[C@@H]1CNCCO1. The Morgan fingerprint density at radius 1 is 1.45 bits per heavy atom. The number of nitrogens with one attached hydrogen (secondary N) is 2. The minimum Gasteiger partial charge on any atom is -0.366 e. The van der Waals surface area contributed by atoms with E-state index >= 15 is 0 Å². The highest BCUT2D eigenvalue weighted by molar-refractivity contribution is 5.81. The van der Waals surface area contributed by atoms with Crippen LogP contribution in [0.4, 0.5) is 0 Å². The third-order valence-electron chi connectivity index (χ3n) is 3.60. The molecule has 116 valence electrons. The highest BCUT2D eigenvalue weighted by Crippen LogP contribution is 2.06. The van der Waals surface area contributed by atoms with E-state index < -0.39 is 6.10 Å². The van der Waals surface area contributed by atoms with Crippen molar-refractivity contribution in [2.45, 2.75) is 12.6 Å². The van der Waals surface area contributed by atoms with Crippen molar-refractivity contribution in [3.8, 4) is 0 Å². The van der Waals surface area contributed by atoms with Crippen LogP contribution in [0.3, 0.4) is 0 Å². The third kappa shape index (κ3) is 3.15. The zero-order valence-corrected chi connectivity index (χ0v) is 12.1. The van der Waals surface area contributed by atoms with Crippen molar-refractivity contribution in [1.29, 1.82) is 0 Å². The predicted molar refractivity (Wildman–Crippen MR) is 81.6 cm³/mol. The minimum absolute atomic E-state index is 0.150. The first-order valence-corrected chi connectivity index (χ1v) is 7.30. The van der Waals surface area contributed by atoms with Gasteiger partial charge >= 0.3 is 0 Å². The second-order valence-corrected chi connectivity index (χ2v) is 5.11. The van der Waals surface area contributed by atoms with Gasteiger partial charge in [-0.2, -0.15) is 5.10 Å². The van der Waals surface area contributed by atoms with Crippen LogP contribution >= 0.6 is 0 Å². The summed E-state index contributed by atoms with van der Waals surface area (Å²) in [6.45, 7) is 2.48. The maximum absolute atomic E-state index is 12.3. The molecule has 1 aromatic carbocycles. The lowest BCUT2D eigenvalue weighted by Gasteiger charge is -2.22. The predicted octanol–water partition coefficient (Wildman–Crippen LogP) is -0.499. The van der Waals surface area contributed by atoms with E-state index in [-0.39, 0.29) is 11.5 Å². The van der Waals surface area contributed by atoms with Gasteiger partial charge in [0.1, 0.15) is 6.10 Å². The Hall–Kier alpha value is -2.25. The Balaban J connectivity index is 1.61. The molecule has 0 spiro atoms. The topological polar surface area (TPSA) is 85.2 Å². The first-order valence-electron chi connectivity index (χ1n) is 7.30. The maximum atomic E-state index is 12.3. The molecule has 1 saturated heterocycles. The number of aromatic nitrogens is 2. The highest BCUT2D eigenvalue weighted by Gasteiger charge is 2.21. The normalized spacial score (nSPS) is 18.3. The molecule has 0 unspecified atom stereocenters. The number of hydrogen-bond donors (Lipinski definition) is 2. The van der Waals surface area contributed by atoms with Gasteiger partial charge in [-0.15, -0.1) is 0 Å². The van der Waals surface area contributed by atoms with Crippen LogP contribution in [-0.2, 0) is 16.1 Å². The molecule has 1 fully saturated rings. The summed E-state index contributed by atoms with van der Waals surface area (Å²) >= 11 is 0. The largest absolute Gasteiger partial charge is 0.366 e. The van der Waals surface area contributed by atoms with Crippen LogP contribution < -0.4 is 16.2 Å². The van der Waals surface area contributed by atoms with Crippen molar-refractivity contribution in [3.63, 3.8) is 0 Å². The average molecular weight is 302 g/mol. The number of carbonyl (C=O) groups excluding carboxylic acids is 1. The molecule has 2 aromatic rings. The monoisotopic (exact) mass is 302 g/mol. The number of ether oxygens (including phenoxy) is 1. The van der Waals surface area contributed by atoms with E-state index in [1.807, 2.05) is 18.2 Å². The Kier molecular flexibility index (Phi) is 4.45. The van der Waals surface area contributed by atoms with Crippen molar-refractivity contribution in [2.75, 3.05) is 26.2 Å². The smallest absolute Gasteiger partial charge is 0.274 e. The molecule has 0 saturated carbocycles. The summed E-state index contributed by atoms with van der Waals surface area (Å²) in [6, 6.07) is 7.31. The molecule has 1 aliphatic rings. The van der Waals surface area contributed by atoms with E-state index in [0.717, 1.165) is 11.9 Å². The van der Waals surface area contributed by atoms with Crippen LogP contribution in [0, 0.1) is 0 Å². The van der Waals surface area contributed by atoms with Gasteiger partial charge in [-0.1, -0.05) is 18.2 Å². The van der Waals surface area contributed by atoms with Gasteiger partial charge in [0.2, 0.25) is 0 Å². The fourth-order valence-electron chi connectivity index (χ4n) is 2.42. The Morgan fingerprint density at radius 2 is 2.32 bits per heavy atom. The molecule has 1 amide bonds. The molecule has 7 nitrogen and oxygen atoms in total. The first kappa shape index (κ1) is 14.7. The zero-order valence-electron chi connectivity index (χ0n) is 12.1. The van der Waals surface area contributed by atoms with Crippen LogP contribution in [0.2, 0.25) is 0 Å². The molecule has 22 heavy (non-hydrogen) atoms. The van der Waals surface area contributed by atoms with Gasteiger partial charge in [-0.3, -0.25) is 9.59 Å². The third-order valence-corrected chi connectivity index (χ3v) is 3.60. The van der Waals surface area contributed by atoms with Crippen LogP contribution in [0.25, 0.3) is 10.8 Å². The second kappa shape index (κ2) is 6.67. The summed E-state index contributed by atoms with van der Waals surface area (Å²) in [7, 11) is 0. The minimum atomic E-state index is -0.463. The lowest BCUT2D eigenvalue weighted by molar-refractivity contribution is -0.134. The molecule has 1 aliphatic heterocycles. The van der Waals surface area contributed by atoms with E-state index in [1.54, 1.807) is 12.3 Å². The number of fused-ring (bicyclic) bond motifs is 1. The van der Waals surface area contributed by atoms with Gasteiger partial charge in [0.05, 0.1) is 24.7 Å². The number of benzene rings is 1. The molecular formula is C15H18N4O3. The van der Waals surface area contributed by atoms with Crippen molar-refractivity contribution < 1.29 is 9.53 Å². The van der Waals surface area contributed by atoms with E-state index in [0.29, 0.717) is 31.6 Å². The van der Waals surface area contributed by atoms with Crippen molar-refractivity contribution in [1.82, 2.24) is 20.4 Å². The fraction of sp³-hybridized carbons (Fsp3) is 0.400. The maximum Gasteiger partial charge on any atom is 0.274 e. The molecule has 1 atom stereocenters. The van der Waals surface area contributed by atoms with Gasteiger partial charge < -0.3 is 15.4 Å². The van der Waals surface area contributed by atoms with Gasteiger partial charge in [-0.25, -0.2) is 4.68 Å². The number of nitrogens with zero attached hydrogens (tertiary/aromatic N) is 2. The summed E-state index contributed by atoms with van der Waals surface area (Å²) < 4.78 is 6.73. The van der Waals surface area contributed by atoms with Gasteiger partial charge in [0.25, 0.3) is 11.5 Å². The van der Waals surface area contributed by atoms with E-state index in [9.17, 15) is 9.59 Å². The molecule has 2 N–H and O–H groups in total. The standard InChI is InChI=1S/C15H18N4O3/c20-14(13-10-16-6-8-22-13)17-5-7-19-15(21)12-4-2-1-3-11(12)9-18-19/h1-4,9,13,16H,5-8,10H2,(H,17,20)/t13-/m0/s1. The zero-order chi connectivity index (χ0) is 15.4. The molecule has 2 heterocycles. The Bertz CT molecular complexity index is 722. The van der Waals surface area contributed by atoms with Gasteiger partial charge in [-0.05, 0) is 6.07 Å². The Labute approximate surface area is 127 Å². The number of morpholine rings is 1. The summed E-state index contributed by atoms with van der Waals surface area (Å²) in [5.41, 5.74) is -0.150. The quantitative estimate of drug-likeness (QED) is 0.795. The fourth-order valence-corrected chi connectivity index (χ4v) is 2.42. The average Bonchev–Trinajstić information content (AvgIpc) is 2.58. The molecular weight excluding hydrogens is 284 g/mol. The van der Waals surface area contributed by atoms with E-state index in [1.165, 1.54) is 4.68 Å². The molecule has 0 aliphatic carbocycles. The second-order valence-electron chi connectivity index (χ2n) is 5.11. The van der Waals surface area contributed by atoms with Crippen LogP contribution in [0.5, 0.6) is 0 Å². The lowest BCUT2D eigenvalue weighted by atomic mass is 10.2. The van der Waals surface area contributed by atoms with Crippen molar-refractivity contribution >= 4 is 16.7 Å². The molecule has 0 radical (unpaired) electrons. The van der Waals surface area contributed by atoms with Gasteiger partial charge in [0, 0.05) is 25.0 Å². The van der Waals surface area contributed by atoms with E-state index in [4.69, 9.17) is 4.74 Å². The highest BCUT2D eigenvalue weighted by atomic mass is 16.5. The number of amides is 1. The first-order chi connectivity index (χ1) is 10.8. The van der Waals surface area contributed by atoms with Crippen LogP contribution in [-0.4, -0.2) is 48.0 Å². The number of carbonyl (C=O) groups is 1. The van der Waals surface area contributed by atoms with Crippen LogP contribution in [0.15, 0.2) is 35.3 Å². The summed E-state index contributed by atoms with van der Waals surface area (Å²) in [5.74, 6) is -0.166. The number of rotatable bonds is 4. The summed E-state index contributed by atoms with van der Waals surface area (Å²) in [6.07, 6.45) is 1.20. The van der Waals surface area contributed by atoms with Crippen molar-refractivity contribution in [3.05, 3.63) is 40.8 Å². The summed E-state index contributed by atoms with van der Waals surface area (Å²) in [4.78, 5) is 24.2. The molecule has 1 aromatic heterocycles. The van der Waals surface area contributed by atoms with Gasteiger partial charge in [0.15, 0.2) is 0 Å².